The second-order valence-corrected chi connectivity index (χ2v) is 39.6. The Kier molecular flexibility index (Phi) is 15.7. The van der Waals surface area contributed by atoms with Crippen LogP contribution in [-0.4, -0.2) is 27.4 Å². The Morgan fingerprint density at radius 2 is 0.520 bits per heavy atom. The van der Waals surface area contributed by atoms with E-state index in [1.54, 1.807) is 0 Å². The minimum Gasteiger partial charge on any atom is -0.311 e. The van der Waals surface area contributed by atoms with E-state index in [0.717, 1.165) is 17.1 Å². The second-order valence-electron chi connectivity index (χ2n) is 32.1. The summed E-state index contributed by atoms with van der Waals surface area (Å²) in [5.41, 5.74) is 19.2. The van der Waals surface area contributed by atoms with Crippen molar-refractivity contribution < 1.29 is 0 Å². The Morgan fingerprint density at radius 1 is 0.250 bits per heavy atom. The molecule has 13 aromatic carbocycles. The standard InChI is InChI=1S/C94H88BN3Si2/c1-91(2,3)65-51-55-80-76(59-65)77-60-66(92(4,5)6)52-56-81(77)96(80)69-63-86-90-87(64-69)98(85-48-32-34-50-89(85)100(73-41-25-16-26-42-73,74-43-27-17-28-44-74)75-45-29-18-30-46-75)83-58-54-68(94(10,11)12)62-79(83)95(90)78-61-67(93(7,8)9)53-57-82(78)97(86)84-47-31-33-49-88(84)99(70-35-19-13-20-36-70,71-37-21-14-22-38-71)72-39-23-15-24-40-72/h13-64H,1-12H3. The molecule has 16 rings (SSSR count). The van der Waals surface area contributed by atoms with E-state index in [1.165, 1.54) is 125 Å². The molecule has 2 aliphatic rings. The molecule has 2 aliphatic heterocycles. The van der Waals surface area contributed by atoms with Gasteiger partial charge in [0.05, 0.1) is 16.7 Å². The highest BCUT2D eigenvalue weighted by Crippen LogP contribution is 2.48. The largest absolute Gasteiger partial charge is 0.311 e. The van der Waals surface area contributed by atoms with Gasteiger partial charge in [0.2, 0.25) is 0 Å². The molecule has 0 radical (unpaired) electrons. The molecular formula is C94H88BN3Si2. The van der Waals surface area contributed by atoms with Gasteiger partial charge in [-0.3, -0.25) is 0 Å². The summed E-state index contributed by atoms with van der Waals surface area (Å²) < 4.78 is 2.62. The van der Waals surface area contributed by atoms with E-state index in [9.17, 15) is 0 Å². The zero-order valence-corrected chi connectivity index (χ0v) is 61.9. The first-order chi connectivity index (χ1) is 48.2. The lowest BCUT2D eigenvalue weighted by Gasteiger charge is -2.47. The average molecular weight is 1330 g/mol. The van der Waals surface area contributed by atoms with Crippen LogP contribution in [0.25, 0.3) is 27.5 Å². The molecule has 0 unspecified atom stereocenters. The summed E-state index contributed by atoms with van der Waals surface area (Å²) in [5.74, 6) is 0. The number of anilines is 6. The van der Waals surface area contributed by atoms with E-state index in [-0.39, 0.29) is 28.4 Å². The smallest absolute Gasteiger partial charge is 0.252 e. The summed E-state index contributed by atoms with van der Waals surface area (Å²) >= 11 is 0. The van der Waals surface area contributed by atoms with Gasteiger partial charge in [0.25, 0.3) is 6.71 Å². The van der Waals surface area contributed by atoms with Gasteiger partial charge in [0.15, 0.2) is 16.1 Å². The molecular weight excluding hydrogens is 1240 g/mol. The summed E-state index contributed by atoms with van der Waals surface area (Å²) in [4.78, 5) is 5.49. The first kappa shape index (κ1) is 64.4. The van der Waals surface area contributed by atoms with Crippen LogP contribution in [0.5, 0.6) is 0 Å². The molecule has 100 heavy (non-hydrogen) atoms. The van der Waals surface area contributed by atoms with Gasteiger partial charge in [-0.1, -0.05) is 338 Å². The Balaban J connectivity index is 1.11. The summed E-state index contributed by atoms with van der Waals surface area (Å²) in [6.45, 7) is 28.2. The molecule has 0 aliphatic carbocycles. The van der Waals surface area contributed by atoms with E-state index < -0.39 is 16.1 Å². The van der Waals surface area contributed by atoms with Crippen molar-refractivity contribution in [1.29, 1.82) is 0 Å². The van der Waals surface area contributed by atoms with Crippen LogP contribution in [0.4, 0.5) is 34.1 Å². The topological polar surface area (TPSA) is 11.4 Å². The van der Waals surface area contributed by atoms with Gasteiger partial charge >= 0.3 is 0 Å². The highest BCUT2D eigenvalue weighted by molar-refractivity contribution is 7.21. The Labute approximate surface area is 595 Å². The first-order valence-corrected chi connectivity index (χ1v) is 39.9. The third-order valence-electron chi connectivity index (χ3n) is 21.9. The number of para-hydroxylation sites is 2. The highest BCUT2D eigenvalue weighted by Gasteiger charge is 2.50. The Morgan fingerprint density at radius 3 is 0.820 bits per heavy atom. The van der Waals surface area contributed by atoms with Crippen LogP contribution in [0.15, 0.2) is 315 Å². The molecule has 0 amide bonds. The van der Waals surface area contributed by atoms with Crippen LogP contribution in [0.1, 0.15) is 105 Å². The molecule has 0 spiro atoms. The maximum absolute atomic E-state index is 3.25. The highest BCUT2D eigenvalue weighted by atomic mass is 28.3. The van der Waals surface area contributed by atoms with Gasteiger partial charge in [-0.25, -0.2) is 0 Å². The van der Waals surface area contributed by atoms with E-state index in [0.29, 0.717) is 0 Å². The minimum atomic E-state index is -3.25. The number of nitrogens with zero attached hydrogens (tertiary/aromatic N) is 3. The van der Waals surface area contributed by atoms with Crippen LogP contribution < -0.4 is 67.7 Å². The number of rotatable bonds is 11. The molecule has 6 heteroatoms. The van der Waals surface area contributed by atoms with Crippen LogP contribution in [0, 0.1) is 0 Å². The van der Waals surface area contributed by atoms with Crippen molar-refractivity contribution in [3.8, 4) is 5.69 Å². The third-order valence-corrected chi connectivity index (χ3v) is 31.5. The molecule has 0 saturated carbocycles. The predicted octanol–water partition coefficient (Wildman–Crippen LogP) is 16.8. The number of benzene rings is 13. The van der Waals surface area contributed by atoms with Crippen molar-refractivity contribution in [2.75, 3.05) is 9.80 Å². The van der Waals surface area contributed by atoms with Crippen molar-refractivity contribution >= 4 is 137 Å². The summed E-state index contributed by atoms with van der Waals surface area (Å²) in [5, 5.41) is 13.1. The fourth-order valence-corrected chi connectivity index (χ4v) is 26.7. The van der Waals surface area contributed by atoms with Crippen molar-refractivity contribution in [1.82, 2.24) is 4.57 Å². The van der Waals surface area contributed by atoms with Crippen molar-refractivity contribution in [3.63, 3.8) is 0 Å². The Hall–Kier alpha value is -10.2. The van der Waals surface area contributed by atoms with Gasteiger partial charge in [-0.2, -0.15) is 0 Å². The lowest BCUT2D eigenvalue weighted by atomic mass is 9.33. The number of fused-ring (bicyclic) bond motifs is 7. The molecule has 0 fully saturated rings. The first-order valence-electron chi connectivity index (χ1n) is 35.9. The van der Waals surface area contributed by atoms with Gasteiger partial charge in [-0.05, 0) is 162 Å². The van der Waals surface area contributed by atoms with Crippen molar-refractivity contribution in [2.24, 2.45) is 0 Å². The SMILES string of the molecule is CC(C)(C)c1ccc2c(c1)B1c3cc(C(C)(C)C)ccc3N(c3ccccc3[Si](c3ccccc3)(c3ccccc3)c3ccccc3)c3cc(-n4c5ccc(C(C)(C)C)cc5c5cc(C(C)(C)C)ccc54)cc(c31)N2c1ccccc1[Si](c1ccccc1)(c1ccccc1)c1ccccc1. The molecule has 14 aromatic rings. The fraction of sp³-hybridized carbons (Fsp3) is 0.170. The van der Waals surface area contributed by atoms with E-state index in [1.807, 2.05) is 0 Å². The fourth-order valence-electron chi connectivity index (χ4n) is 16.8. The number of hydrogen-bond acceptors (Lipinski definition) is 2. The molecule has 0 bridgehead atoms. The lowest BCUT2D eigenvalue weighted by molar-refractivity contribution is 0.590. The zero-order chi connectivity index (χ0) is 69.1. The summed E-state index contributed by atoms with van der Waals surface area (Å²) in [6, 6.07) is 123. The average Bonchev–Trinajstić information content (AvgIpc) is 0.764. The van der Waals surface area contributed by atoms with Gasteiger partial charge < -0.3 is 14.4 Å². The van der Waals surface area contributed by atoms with Crippen LogP contribution in [0.2, 0.25) is 0 Å². The maximum atomic E-state index is 2.75. The van der Waals surface area contributed by atoms with Crippen LogP contribution in [0.3, 0.4) is 0 Å². The summed E-state index contributed by atoms with van der Waals surface area (Å²) in [7, 11) is -6.50. The minimum absolute atomic E-state index is 0.0763. The molecule has 0 saturated heterocycles. The molecule has 3 heterocycles. The van der Waals surface area contributed by atoms with Gasteiger partial charge in [0.1, 0.15) is 0 Å². The molecule has 0 N–H and O–H groups in total. The second kappa shape index (κ2) is 24.3. The number of hydrogen-bond donors (Lipinski definition) is 0. The maximum Gasteiger partial charge on any atom is 0.252 e. The van der Waals surface area contributed by atoms with E-state index in [4.69, 9.17) is 0 Å². The van der Waals surface area contributed by atoms with Crippen molar-refractivity contribution in [2.45, 2.75) is 105 Å². The predicted molar refractivity (Wildman–Crippen MR) is 437 cm³/mol. The van der Waals surface area contributed by atoms with Gasteiger partial charge in [0, 0.05) is 44.9 Å². The third kappa shape index (κ3) is 10.4. The van der Waals surface area contributed by atoms with Crippen LogP contribution >= 0.6 is 0 Å². The molecule has 1 aromatic heterocycles. The molecule has 490 valence electrons. The van der Waals surface area contributed by atoms with E-state index >= 15 is 0 Å². The lowest BCUT2D eigenvalue weighted by Crippen LogP contribution is -2.75. The van der Waals surface area contributed by atoms with E-state index in [2.05, 4.69) is 413 Å². The number of aromatic nitrogens is 1. The summed E-state index contributed by atoms with van der Waals surface area (Å²) in [6.07, 6.45) is 0. The van der Waals surface area contributed by atoms with Crippen LogP contribution in [-0.2, 0) is 21.7 Å². The normalized spacial score (nSPS) is 13.3. The van der Waals surface area contributed by atoms with Gasteiger partial charge in [-0.15, -0.1) is 0 Å². The quantitative estimate of drug-likeness (QED) is 0.0944. The van der Waals surface area contributed by atoms with Crippen molar-refractivity contribution in [3.05, 3.63) is 338 Å². The molecule has 3 nitrogen and oxygen atoms in total. The molecule has 0 atom stereocenters. The Bertz CT molecular complexity index is 4880. The zero-order valence-electron chi connectivity index (χ0n) is 59.9. The monoisotopic (exact) mass is 1330 g/mol.